The highest BCUT2D eigenvalue weighted by molar-refractivity contribution is 7.80. The van der Waals surface area contributed by atoms with E-state index < -0.39 is 6.10 Å². The summed E-state index contributed by atoms with van der Waals surface area (Å²) in [6.45, 7) is 6.20. The number of hydrazine groups is 1. The third-order valence-electron chi connectivity index (χ3n) is 2.57. The van der Waals surface area contributed by atoms with Crippen molar-refractivity contribution < 1.29 is 9.90 Å². The minimum Gasteiger partial charge on any atom is -0.393 e. The fraction of sp³-hybridized carbons (Fsp3) is 0.692. The number of hydrogen-bond acceptors (Lipinski definition) is 3. The quantitative estimate of drug-likeness (QED) is 0.223. The van der Waals surface area contributed by atoms with Crippen molar-refractivity contribution in [1.29, 1.82) is 0 Å². The van der Waals surface area contributed by atoms with E-state index in [1.807, 2.05) is 0 Å². The molecule has 0 aromatic carbocycles. The number of aliphatic hydroxyl groups is 1. The number of unbranched alkanes of at least 4 members (excludes halogenated alkanes) is 2. The lowest BCUT2D eigenvalue weighted by Gasteiger charge is -2.12. The molecule has 1 atom stereocenters. The molecule has 5 nitrogen and oxygen atoms in total. The molecule has 1 amide bonds. The van der Waals surface area contributed by atoms with Gasteiger partial charge in [0.15, 0.2) is 5.11 Å². The molecular weight excluding hydrogens is 262 g/mol. The van der Waals surface area contributed by atoms with E-state index in [9.17, 15) is 9.90 Å². The van der Waals surface area contributed by atoms with Gasteiger partial charge in [0.05, 0.1) is 6.10 Å². The molecule has 0 heterocycles. The number of amides is 1. The van der Waals surface area contributed by atoms with Gasteiger partial charge in [0.25, 0.3) is 0 Å². The van der Waals surface area contributed by atoms with Crippen molar-refractivity contribution in [2.75, 3.05) is 6.54 Å². The summed E-state index contributed by atoms with van der Waals surface area (Å²) in [5, 5.41) is 12.8. The monoisotopic (exact) mass is 287 g/mol. The van der Waals surface area contributed by atoms with Gasteiger partial charge in [-0.1, -0.05) is 32.3 Å². The fourth-order valence-electron chi connectivity index (χ4n) is 1.47. The summed E-state index contributed by atoms with van der Waals surface area (Å²) in [6, 6.07) is 0. The molecule has 0 spiro atoms. The van der Waals surface area contributed by atoms with Crippen LogP contribution < -0.4 is 16.2 Å². The largest absolute Gasteiger partial charge is 0.393 e. The zero-order chi connectivity index (χ0) is 14.5. The summed E-state index contributed by atoms with van der Waals surface area (Å²) >= 11 is 4.91. The average molecular weight is 287 g/mol. The van der Waals surface area contributed by atoms with E-state index in [0.717, 1.165) is 25.7 Å². The molecule has 0 bridgehead atoms. The van der Waals surface area contributed by atoms with Crippen LogP contribution in [0.15, 0.2) is 12.7 Å². The molecule has 0 aromatic rings. The zero-order valence-corrected chi connectivity index (χ0v) is 12.4. The third kappa shape index (κ3) is 11.7. The normalized spacial score (nSPS) is 11.5. The van der Waals surface area contributed by atoms with Crippen LogP contribution in [-0.4, -0.2) is 28.8 Å². The van der Waals surface area contributed by atoms with Gasteiger partial charge in [0, 0.05) is 13.0 Å². The molecule has 0 fully saturated rings. The van der Waals surface area contributed by atoms with E-state index >= 15 is 0 Å². The lowest BCUT2D eigenvalue weighted by molar-refractivity contribution is -0.122. The van der Waals surface area contributed by atoms with Gasteiger partial charge in [-0.15, -0.1) is 6.58 Å². The summed E-state index contributed by atoms with van der Waals surface area (Å²) < 4.78 is 0. The number of nitrogens with one attached hydrogen (secondary N) is 3. The molecule has 0 unspecified atom stereocenters. The Bertz CT molecular complexity index is 285. The molecule has 0 saturated carbocycles. The number of thiocarbonyl (C=S) groups is 1. The lowest BCUT2D eigenvalue weighted by atomic mass is 10.1. The van der Waals surface area contributed by atoms with E-state index in [0.29, 0.717) is 18.1 Å². The van der Waals surface area contributed by atoms with Gasteiger partial charge in [-0.3, -0.25) is 15.6 Å². The highest BCUT2D eigenvalue weighted by Gasteiger charge is 2.08. The summed E-state index contributed by atoms with van der Waals surface area (Å²) in [4.78, 5) is 11.5. The standard InChI is InChI=1S/C13H25N3O2S/c1-3-5-6-7-11(17)8-9-12(18)15-16-13(19)14-10-4-2/h4,11,17H,2-3,5-10H2,1H3,(H,15,18)(H2,14,16,19)/t11-/m0/s1. The maximum absolute atomic E-state index is 11.5. The number of aliphatic hydroxyl groups excluding tert-OH is 1. The van der Waals surface area contributed by atoms with Crippen LogP contribution in [-0.2, 0) is 4.79 Å². The molecule has 4 N–H and O–H groups in total. The van der Waals surface area contributed by atoms with Crippen molar-refractivity contribution >= 4 is 23.2 Å². The SMILES string of the molecule is C=CCNC(=S)NNC(=O)CC[C@@H](O)CCCCC. The lowest BCUT2D eigenvalue weighted by Crippen LogP contribution is -2.46. The second-order valence-electron chi connectivity index (χ2n) is 4.36. The number of rotatable bonds is 9. The minimum absolute atomic E-state index is 0.183. The van der Waals surface area contributed by atoms with Crippen LogP contribution in [0.1, 0.15) is 45.4 Å². The average Bonchev–Trinajstić information content (AvgIpc) is 2.40. The molecule has 0 aliphatic rings. The van der Waals surface area contributed by atoms with E-state index in [1.165, 1.54) is 0 Å². The maximum Gasteiger partial charge on any atom is 0.238 e. The van der Waals surface area contributed by atoms with Gasteiger partial charge in [-0.2, -0.15) is 0 Å². The predicted molar refractivity (Wildman–Crippen MR) is 81.5 cm³/mol. The molecule has 0 aliphatic carbocycles. The second-order valence-corrected chi connectivity index (χ2v) is 4.77. The van der Waals surface area contributed by atoms with Crippen molar-refractivity contribution in [1.82, 2.24) is 16.2 Å². The van der Waals surface area contributed by atoms with Crippen LogP contribution in [0.4, 0.5) is 0 Å². The highest BCUT2D eigenvalue weighted by atomic mass is 32.1. The molecule has 19 heavy (non-hydrogen) atoms. The van der Waals surface area contributed by atoms with Gasteiger partial charge >= 0.3 is 0 Å². The Morgan fingerprint density at radius 3 is 2.74 bits per heavy atom. The van der Waals surface area contributed by atoms with Crippen LogP contribution in [0.2, 0.25) is 0 Å². The smallest absolute Gasteiger partial charge is 0.238 e. The van der Waals surface area contributed by atoms with E-state index in [4.69, 9.17) is 12.2 Å². The Kier molecular flexibility index (Phi) is 11.2. The Hall–Kier alpha value is -1.14. The van der Waals surface area contributed by atoms with Crippen molar-refractivity contribution in [3.05, 3.63) is 12.7 Å². The van der Waals surface area contributed by atoms with Crippen molar-refractivity contribution in [2.24, 2.45) is 0 Å². The molecule has 0 aliphatic heterocycles. The summed E-state index contributed by atoms with van der Waals surface area (Å²) in [5.74, 6) is -0.183. The van der Waals surface area contributed by atoms with Gasteiger partial charge < -0.3 is 10.4 Å². The topological polar surface area (TPSA) is 73.4 Å². The number of carbonyl (C=O) groups excluding carboxylic acids is 1. The van der Waals surface area contributed by atoms with Gasteiger partial charge in [-0.25, -0.2) is 0 Å². The first kappa shape index (κ1) is 17.9. The molecule has 0 radical (unpaired) electrons. The fourth-order valence-corrected chi connectivity index (χ4v) is 1.60. The van der Waals surface area contributed by atoms with Crippen LogP contribution in [0.3, 0.4) is 0 Å². The van der Waals surface area contributed by atoms with E-state index in [-0.39, 0.29) is 12.3 Å². The van der Waals surface area contributed by atoms with Gasteiger partial charge in [0.1, 0.15) is 0 Å². The zero-order valence-electron chi connectivity index (χ0n) is 11.6. The maximum atomic E-state index is 11.5. The van der Waals surface area contributed by atoms with Crippen molar-refractivity contribution in [3.8, 4) is 0 Å². The second kappa shape index (κ2) is 11.9. The van der Waals surface area contributed by atoms with Gasteiger partial charge in [0.2, 0.25) is 5.91 Å². The first-order valence-electron chi connectivity index (χ1n) is 6.71. The van der Waals surface area contributed by atoms with Crippen LogP contribution in [0.25, 0.3) is 0 Å². The third-order valence-corrected chi connectivity index (χ3v) is 2.81. The Morgan fingerprint density at radius 1 is 1.37 bits per heavy atom. The molecule has 0 aromatic heterocycles. The number of hydrogen-bond donors (Lipinski definition) is 4. The van der Waals surface area contributed by atoms with Crippen LogP contribution in [0, 0.1) is 0 Å². The molecule has 0 saturated heterocycles. The molecule has 6 heteroatoms. The van der Waals surface area contributed by atoms with Crippen molar-refractivity contribution in [3.63, 3.8) is 0 Å². The summed E-state index contributed by atoms with van der Waals surface area (Å²) in [5.41, 5.74) is 5.06. The number of carbonyl (C=O) groups is 1. The van der Waals surface area contributed by atoms with Gasteiger partial charge in [-0.05, 0) is 25.1 Å². The predicted octanol–water partition coefficient (Wildman–Crippen LogP) is 1.39. The van der Waals surface area contributed by atoms with Crippen molar-refractivity contribution in [2.45, 2.75) is 51.6 Å². The molecule has 110 valence electrons. The minimum atomic E-state index is -0.400. The van der Waals surface area contributed by atoms with Crippen LogP contribution in [0.5, 0.6) is 0 Å². The molecule has 0 rings (SSSR count). The Balaban J connectivity index is 3.57. The Labute approximate surface area is 120 Å². The highest BCUT2D eigenvalue weighted by Crippen LogP contribution is 2.07. The van der Waals surface area contributed by atoms with Crippen LogP contribution >= 0.6 is 12.2 Å². The molecular formula is C13H25N3O2S. The Morgan fingerprint density at radius 2 is 2.11 bits per heavy atom. The van der Waals surface area contributed by atoms with E-state index in [2.05, 4.69) is 29.7 Å². The summed E-state index contributed by atoms with van der Waals surface area (Å²) in [6.07, 6.45) is 6.04. The first-order chi connectivity index (χ1) is 9.10. The first-order valence-corrected chi connectivity index (χ1v) is 7.12. The van der Waals surface area contributed by atoms with E-state index in [1.54, 1.807) is 6.08 Å². The summed E-state index contributed by atoms with van der Waals surface area (Å²) in [7, 11) is 0.